The number of nitrogens with zero attached hydrogens (tertiary/aromatic N) is 1. The van der Waals surface area contributed by atoms with Gasteiger partial charge in [-0.05, 0) is 59.7 Å². The molecule has 2 aliphatic rings. The smallest absolute Gasteiger partial charge is 0.360 e. The summed E-state index contributed by atoms with van der Waals surface area (Å²) in [5.41, 5.74) is 9.04. The summed E-state index contributed by atoms with van der Waals surface area (Å²) >= 11 is 1.50. The van der Waals surface area contributed by atoms with Crippen molar-refractivity contribution in [2.24, 2.45) is 5.73 Å². The minimum atomic E-state index is -4.35. The first kappa shape index (κ1) is 21.9. The van der Waals surface area contributed by atoms with Crippen molar-refractivity contribution >= 4 is 28.1 Å². The van der Waals surface area contributed by atoms with Crippen LogP contribution in [0.2, 0.25) is 0 Å². The Bertz CT molecular complexity index is 1200. The fourth-order valence-electron chi connectivity index (χ4n) is 4.28. The van der Waals surface area contributed by atoms with Crippen molar-refractivity contribution in [1.82, 2.24) is 4.98 Å². The van der Waals surface area contributed by atoms with Gasteiger partial charge in [0.05, 0.1) is 15.9 Å². The van der Waals surface area contributed by atoms with Crippen LogP contribution < -0.4 is 16.4 Å². The first-order valence-electron chi connectivity index (χ1n) is 10.8. The fraction of sp³-hybridized carbons (Fsp3) is 0.333. The third-order valence-corrected chi connectivity index (χ3v) is 7.66. The molecule has 1 fully saturated rings. The second kappa shape index (κ2) is 7.85. The van der Waals surface area contributed by atoms with Crippen molar-refractivity contribution in [2.75, 3.05) is 17.2 Å². The van der Waals surface area contributed by atoms with Gasteiger partial charge in [0.25, 0.3) is 0 Å². The number of alkyl halides is 3. The second-order valence-corrected chi connectivity index (χ2v) is 9.81. The number of anilines is 2. The molecule has 2 heterocycles. The monoisotopic (exact) mass is 472 g/mol. The quantitative estimate of drug-likeness (QED) is 0.452. The van der Waals surface area contributed by atoms with Gasteiger partial charge in [-0.3, -0.25) is 4.79 Å². The van der Waals surface area contributed by atoms with Gasteiger partial charge >= 0.3 is 6.18 Å². The Morgan fingerprint density at radius 2 is 1.94 bits per heavy atom. The lowest BCUT2D eigenvalue weighted by molar-refractivity contribution is -0.137. The molecule has 5 rings (SSSR count). The van der Waals surface area contributed by atoms with Gasteiger partial charge in [0.2, 0.25) is 5.91 Å². The van der Waals surface area contributed by atoms with E-state index in [0.29, 0.717) is 6.54 Å². The van der Waals surface area contributed by atoms with E-state index in [9.17, 15) is 18.0 Å². The highest BCUT2D eigenvalue weighted by atomic mass is 32.1. The van der Waals surface area contributed by atoms with Gasteiger partial charge in [-0.2, -0.15) is 13.2 Å². The molecule has 1 aromatic heterocycles. The van der Waals surface area contributed by atoms with Crippen molar-refractivity contribution in [3.05, 3.63) is 65.4 Å². The lowest BCUT2D eigenvalue weighted by Crippen LogP contribution is -2.34. The third kappa shape index (κ3) is 4.00. The summed E-state index contributed by atoms with van der Waals surface area (Å²) in [6.45, 7) is 2.33. The Hall–Kier alpha value is -2.91. The van der Waals surface area contributed by atoms with Crippen LogP contribution in [0.4, 0.5) is 24.0 Å². The largest absolute Gasteiger partial charge is 0.416 e. The zero-order valence-electron chi connectivity index (χ0n) is 17.9. The topological polar surface area (TPSA) is 80.0 Å². The average Bonchev–Trinajstić information content (AvgIpc) is 3.39. The van der Waals surface area contributed by atoms with Crippen LogP contribution >= 0.6 is 11.3 Å². The molecule has 2 aromatic carbocycles. The summed E-state index contributed by atoms with van der Waals surface area (Å²) in [4.78, 5) is 17.7. The molecule has 1 spiro atoms. The minimum absolute atomic E-state index is 0.0949. The lowest BCUT2D eigenvalue weighted by Gasteiger charge is -2.21. The summed E-state index contributed by atoms with van der Waals surface area (Å²) in [5, 5.41) is 6.93. The predicted octanol–water partition coefficient (Wildman–Crippen LogP) is 5.36. The maximum Gasteiger partial charge on any atom is 0.416 e. The molecule has 1 aliphatic carbocycles. The molecule has 2 atom stereocenters. The first-order chi connectivity index (χ1) is 15.7. The van der Waals surface area contributed by atoms with Crippen LogP contribution in [0.1, 0.15) is 42.4 Å². The molecular weight excluding hydrogens is 449 g/mol. The molecule has 1 aliphatic heterocycles. The van der Waals surface area contributed by atoms with Crippen LogP contribution in [0, 0.1) is 0 Å². The molecule has 172 valence electrons. The highest BCUT2D eigenvalue weighted by Crippen LogP contribution is 2.55. The van der Waals surface area contributed by atoms with Crippen molar-refractivity contribution < 1.29 is 18.0 Å². The standard InChI is InChI=1S/C24H23F3N4OS/c1-13(14-2-5-16(6-3-14)24(25,26)27)18(28)11-29-22-30-12-20(33-22)15-4-7-19-17(10-15)23(8-9-23)21(32)31-19/h2-7,10,12-13,18H,8-9,11,28H2,1H3,(H,29,30)(H,31,32)/t13-,18+/m0/s1. The molecule has 0 bridgehead atoms. The van der Waals surface area contributed by atoms with Gasteiger partial charge in [0, 0.05) is 24.5 Å². The van der Waals surface area contributed by atoms with Crippen molar-refractivity contribution in [1.29, 1.82) is 0 Å². The number of benzene rings is 2. The number of rotatable bonds is 6. The van der Waals surface area contributed by atoms with E-state index in [1.807, 2.05) is 19.1 Å². The number of amides is 1. The summed E-state index contributed by atoms with van der Waals surface area (Å²) in [7, 11) is 0. The molecule has 1 amide bonds. The molecule has 5 nitrogen and oxygen atoms in total. The highest BCUT2D eigenvalue weighted by Gasteiger charge is 2.56. The molecule has 0 saturated heterocycles. The van der Waals surface area contributed by atoms with Crippen LogP contribution in [0.15, 0.2) is 48.7 Å². The Morgan fingerprint density at radius 3 is 2.61 bits per heavy atom. The number of halogens is 3. The second-order valence-electron chi connectivity index (χ2n) is 8.78. The number of hydrogen-bond acceptors (Lipinski definition) is 5. The molecule has 3 aromatic rings. The zero-order chi connectivity index (χ0) is 23.4. The van der Waals surface area contributed by atoms with E-state index in [-0.39, 0.29) is 23.3 Å². The summed E-state index contributed by atoms with van der Waals surface area (Å²) in [6, 6.07) is 10.8. The van der Waals surface area contributed by atoms with Gasteiger partial charge < -0.3 is 16.4 Å². The van der Waals surface area contributed by atoms with E-state index in [1.165, 1.54) is 23.5 Å². The number of carbonyl (C=O) groups is 1. The highest BCUT2D eigenvalue weighted by molar-refractivity contribution is 7.18. The van der Waals surface area contributed by atoms with Crippen molar-refractivity contribution in [3.8, 4) is 10.4 Å². The number of carbonyl (C=O) groups excluding carboxylic acids is 1. The van der Waals surface area contributed by atoms with E-state index < -0.39 is 11.7 Å². The Balaban J connectivity index is 1.23. The van der Waals surface area contributed by atoms with Gasteiger partial charge in [0.15, 0.2) is 5.13 Å². The van der Waals surface area contributed by atoms with E-state index in [0.717, 1.165) is 57.4 Å². The van der Waals surface area contributed by atoms with Crippen molar-refractivity contribution in [3.63, 3.8) is 0 Å². The van der Waals surface area contributed by atoms with Gasteiger partial charge in [-0.25, -0.2) is 4.98 Å². The number of fused-ring (bicyclic) bond motifs is 2. The van der Waals surface area contributed by atoms with E-state index in [4.69, 9.17) is 5.73 Å². The molecule has 9 heteroatoms. The van der Waals surface area contributed by atoms with Crippen LogP contribution in [-0.2, 0) is 16.4 Å². The molecule has 1 saturated carbocycles. The third-order valence-electron chi connectivity index (χ3n) is 6.65. The Morgan fingerprint density at radius 1 is 1.21 bits per heavy atom. The van der Waals surface area contributed by atoms with Crippen LogP contribution in [0.3, 0.4) is 0 Å². The lowest BCUT2D eigenvalue weighted by atomic mass is 9.93. The molecule has 0 radical (unpaired) electrons. The number of nitrogens with one attached hydrogen (secondary N) is 2. The minimum Gasteiger partial charge on any atom is -0.360 e. The van der Waals surface area contributed by atoms with Gasteiger partial charge in [-0.15, -0.1) is 0 Å². The van der Waals surface area contributed by atoms with Crippen LogP contribution in [0.5, 0.6) is 0 Å². The van der Waals surface area contributed by atoms with E-state index >= 15 is 0 Å². The molecule has 4 N–H and O–H groups in total. The summed E-state index contributed by atoms with van der Waals surface area (Å²) < 4.78 is 38.3. The fourth-order valence-corrected chi connectivity index (χ4v) is 5.10. The van der Waals surface area contributed by atoms with Gasteiger partial charge in [-0.1, -0.05) is 36.5 Å². The van der Waals surface area contributed by atoms with Gasteiger partial charge in [0.1, 0.15) is 0 Å². The Labute approximate surface area is 193 Å². The summed E-state index contributed by atoms with van der Waals surface area (Å²) in [6.07, 6.45) is -0.777. The molecule has 0 unspecified atom stereocenters. The molecular formula is C24H23F3N4OS. The predicted molar refractivity (Wildman–Crippen MR) is 123 cm³/mol. The summed E-state index contributed by atoms with van der Waals surface area (Å²) in [5.74, 6) is -0.0341. The van der Waals surface area contributed by atoms with Crippen LogP contribution in [-0.4, -0.2) is 23.5 Å². The van der Waals surface area contributed by atoms with E-state index in [2.05, 4.69) is 21.7 Å². The maximum absolute atomic E-state index is 12.8. The number of hydrogen-bond donors (Lipinski definition) is 3. The molecule has 33 heavy (non-hydrogen) atoms. The Kier molecular flexibility index (Phi) is 5.21. The number of thiazole rings is 1. The zero-order valence-corrected chi connectivity index (χ0v) is 18.7. The van der Waals surface area contributed by atoms with Crippen LogP contribution in [0.25, 0.3) is 10.4 Å². The van der Waals surface area contributed by atoms with E-state index in [1.54, 1.807) is 6.20 Å². The number of nitrogens with two attached hydrogens (primary N) is 1. The maximum atomic E-state index is 12.8. The SMILES string of the molecule is C[C@@H](c1ccc(C(F)(F)F)cc1)[C@H](N)CNc1ncc(-c2ccc3c(c2)C2(CC2)C(=O)N3)s1. The number of aromatic nitrogens is 1. The normalized spacial score (nSPS) is 18.0. The first-order valence-corrected chi connectivity index (χ1v) is 11.6. The van der Waals surface area contributed by atoms with Crippen molar-refractivity contribution in [2.45, 2.75) is 43.3 Å². The average molecular weight is 473 g/mol.